The molecule has 0 radical (unpaired) electrons. The molecule has 2 aliphatic rings. The van der Waals surface area contributed by atoms with Crippen molar-refractivity contribution in [3.05, 3.63) is 11.8 Å². The van der Waals surface area contributed by atoms with Gasteiger partial charge in [-0.1, -0.05) is 24.4 Å². The number of nitrogens with zero attached hydrogens (tertiary/aromatic N) is 3. The van der Waals surface area contributed by atoms with Gasteiger partial charge in [0.1, 0.15) is 5.76 Å². The molecule has 1 atom stereocenters. The minimum Gasteiger partial charge on any atom is -0.371 e. The van der Waals surface area contributed by atoms with Gasteiger partial charge < -0.3 is 14.5 Å². The number of hydrogen-bond acceptors (Lipinski definition) is 4. The summed E-state index contributed by atoms with van der Waals surface area (Å²) in [5, 5.41) is 13.8. The van der Waals surface area contributed by atoms with Crippen LogP contribution in [0.15, 0.2) is 10.6 Å². The average Bonchev–Trinajstić information content (AvgIpc) is 2.97. The Bertz CT molecular complexity index is 467. The van der Waals surface area contributed by atoms with Crippen molar-refractivity contribution < 1.29 is 14.4 Å². The van der Waals surface area contributed by atoms with Crippen molar-refractivity contribution in [2.75, 3.05) is 18.5 Å². The standard InChI is InChI=1S/C13H19N3O3/c1-15-8-12(17)16(13(15)18)11-7-10(19-14-11)9-5-3-2-4-6-9/h7,9,12,17H,2-6,8H2,1H3. The highest BCUT2D eigenvalue weighted by Gasteiger charge is 2.37. The van der Waals surface area contributed by atoms with Crippen LogP contribution in [0, 0.1) is 0 Å². The maximum absolute atomic E-state index is 11.9. The Morgan fingerprint density at radius 3 is 2.74 bits per heavy atom. The smallest absolute Gasteiger partial charge is 0.327 e. The van der Waals surface area contributed by atoms with E-state index in [2.05, 4.69) is 5.16 Å². The molecule has 1 saturated heterocycles. The van der Waals surface area contributed by atoms with Crippen LogP contribution in [0.4, 0.5) is 10.6 Å². The van der Waals surface area contributed by atoms with Crippen LogP contribution < -0.4 is 4.90 Å². The number of aromatic nitrogens is 1. The third-order valence-electron chi connectivity index (χ3n) is 4.04. The van der Waals surface area contributed by atoms with Crippen LogP contribution >= 0.6 is 0 Å². The number of anilines is 1. The molecule has 3 rings (SSSR count). The number of carbonyl (C=O) groups is 1. The Labute approximate surface area is 112 Å². The summed E-state index contributed by atoms with van der Waals surface area (Å²) in [5.41, 5.74) is 0. The first-order valence-corrected chi connectivity index (χ1v) is 6.86. The van der Waals surface area contributed by atoms with Gasteiger partial charge in [-0.05, 0) is 12.8 Å². The van der Waals surface area contributed by atoms with Crippen LogP contribution in [0.2, 0.25) is 0 Å². The summed E-state index contributed by atoms with van der Waals surface area (Å²) in [6.07, 6.45) is 5.10. The van der Waals surface area contributed by atoms with Crippen molar-refractivity contribution in [3.8, 4) is 0 Å². The Morgan fingerprint density at radius 1 is 1.37 bits per heavy atom. The Hall–Kier alpha value is -1.56. The number of urea groups is 1. The first-order chi connectivity index (χ1) is 9.16. The number of β-amino-alcohol motifs (C(OH)–C–C–N with tert-alkyl or cyclic N) is 1. The van der Waals surface area contributed by atoms with E-state index in [0.717, 1.165) is 18.6 Å². The van der Waals surface area contributed by atoms with E-state index in [9.17, 15) is 9.90 Å². The second-order valence-electron chi connectivity index (χ2n) is 5.44. The van der Waals surface area contributed by atoms with Crippen molar-refractivity contribution in [2.24, 2.45) is 0 Å². The monoisotopic (exact) mass is 265 g/mol. The summed E-state index contributed by atoms with van der Waals surface area (Å²) in [6.45, 7) is 0.296. The normalized spacial score (nSPS) is 25.4. The van der Waals surface area contributed by atoms with E-state index in [1.54, 1.807) is 13.1 Å². The molecule has 6 heteroatoms. The van der Waals surface area contributed by atoms with E-state index in [1.165, 1.54) is 29.1 Å². The molecule has 0 aromatic carbocycles. The zero-order chi connectivity index (χ0) is 13.4. The predicted octanol–water partition coefficient (Wildman–Crippen LogP) is 1.91. The summed E-state index contributed by atoms with van der Waals surface area (Å²) in [5.74, 6) is 1.66. The molecular formula is C13H19N3O3. The van der Waals surface area contributed by atoms with E-state index in [4.69, 9.17) is 4.52 Å². The summed E-state index contributed by atoms with van der Waals surface area (Å²) >= 11 is 0. The van der Waals surface area contributed by atoms with Gasteiger partial charge in [-0.25, -0.2) is 9.69 Å². The number of amides is 2. The largest absolute Gasteiger partial charge is 0.371 e. The molecule has 2 amide bonds. The van der Waals surface area contributed by atoms with Gasteiger partial charge in [0, 0.05) is 19.0 Å². The van der Waals surface area contributed by atoms with Crippen LogP contribution in [0.5, 0.6) is 0 Å². The molecule has 1 aromatic rings. The van der Waals surface area contributed by atoms with Crippen molar-refractivity contribution in [3.63, 3.8) is 0 Å². The van der Waals surface area contributed by atoms with E-state index < -0.39 is 6.23 Å². The molecule has 1 aliphatic carbocycles. The first-order valence-electron chi connectivity index (χ1n) is 6.86. The number of aliphatic hydroxyl groups excluding tert-OH is 1. The molecule has 104 valence electrons. The van der Waals surface area contributed by atoms with Crippen LogP contribution in [0.3, 0.4) is 0 Å². The SMILES string of the molecule is CN1CC(O)N(c2cc(C3CCCCC3)on2)C1=O. The van der Waals surface area contributed by atoms with E-state index in [-0.39, 0.29) is 6.03 Å². The summed E-state index contributed by atoms with van der Waals surface area (Å²) in [7, 11) is 1.66. The predicted molar refractivity (Wildman–Crippen MR) is 68.8 cm³/mol. The van der Waals surface area contributed by atoms with Crippen molar-refractivity contribution in [2.45, 2.75) is 44.2 Å². The zero-order valence-corrected chi connectivity index (χ0v) is 11.1. The third kappa shape index (κ3) is 2.20. The highest BCUT2D eigenvalue weighted by Crippen LogP contribution is 2.34. The fourth-order valence-corrected chi connectivity index (χ4v) is 2.94. The van der Waals surface area contributed by atoms with Gasteiger partial charge in [0.05, 0.1) is 6.54 Å². The van der Waals surface area contributed by atoms with Crippen molar-refractivity contribution in [1.29, 1.82) is 0 Å². The molecular weight excluding hydrogens is 246 g/mol. The maximum atomic E-state index is 11.9. The second-order valence-corrected chi connectivity index (χ2v) is 5.44. The summed E-state index contributed by atoms with van der Waals surface area (Å²) in [4.78, 5) is 14.7. The first kappa shape index (κ1) is 12.5. The molecule has 1 saturated carbocycles. The zero-order valence-electron chi connectivity index (χ0n) is 11.1. The minimum atomic E-state index is -0.846. The fourth-order valence-electron chi connectivity index (χ4n) is 2.94. The molecule has 1 N–H and O–H groups in total. The lowest BCUT2D eigenvalue weighted by Gasteiger charge is -2.18. The quantitative estimate of drug-likeness (QED) is 0.886. The molecule has 2 heterocycles. The van der Waals surface area contributed by atoms with Gasteiger partial charge in [-0.3, -0.25) is 0 Å². The Kier molecular flexibility index (Phi) is 3.18. The van der Waals surface area contributed by atoms with Crippen LogP contribution in [0.25, 0.3) is 0 Å². The highest BCUT2D eigenvalue weighted by atomic mass is 16.5. The van der Waals surface area contributed by atoms with Crippen LogP contribution in [-0.2, 0) is 0 Å². The van der Waals surface area contributed by atoms with Crippen LogP contribution in [-0.4, -0.2) is 41.0 Å². The molecule has 0 spiro atoms. The minimum absolute atomic E-state index is 0.240. The summed E-state index contributed by atoms with van der Waals surface area (Å²) in [6, 6.07) is 1.56. The maximum Gasteiger partial charge on any atom is 0.327 e. The van der Waals surface area contributed by atoms with Crippen molar-refractivity contribution in [1.82, 2.24) is 10.1 Å². The Morgan fingerprint density at radius 2 is 2.11 bits per heavy atom. The number of rotatable bonds is 2. The van der Waals surface area contributed by atoms with Gasteiger partial charge in [0.25, 0.3) is 0 Å². The molecule has 0 bridgehead atoms. The van der Waals surface area contributed by atoms with Crippen molar-refractivity contribution >= 4 is 11.8 Å². The number of carbonyl (C=O) groups excluding carboxylic acids is 1. The molecule has 1 unspecified atom stereocenters. The fraction of sp³-hybridized carbons (Fsp3) is 0.692. The molecule has 1 aliphatic heterocycles. The lowest BCUT2D eigenvalue weighted by molar-refractivity contribution is 0.182. The number of aliphatic hydroxyl groups is 1. The summed E-state index contributed by atoms with van der Waals surface area (Å²) < 4.78 is 5.37. The lowest BCUT2D eigenvalue weighted by atomic mass is 9.87. The van der Waals surface area contributed by atoms with Gasteiger partial charge in [-0.15, -0.1) is 0 Å². The average molecular weight is 265 g/mol. The van der Waals surface area contributed by atoms with Gasteiger partial charge >= 0.3 is 6.03 Å². The molecule has 6 nitrogen and oxygen atoms in total. The third-order valence-corrected chi connectivity index (χ3v) is 4.04. The topological polar surface area (TPSA) is 69.8 Å². The Balaban J connectivity index is 1.79. The van der Waals surface area contributed by atoms with Gasteiger partial charge in [-0.2, -0.15) is 0 Å². The van der Waals surface area contributed by atoms with Gasteiger partial charge in [0.15, 0.2) is 12.0 Å². The van der Waals surface area contributed by atoms with E-state index in [0.29, 0.717) is 18.3 Å². The molecule has 19 heavy (non-hydrogen) atoms. The van der Waals surface area contributed by atoms with Crippen LogP contribution in [0.1, 0.15) is 43.8 Å². The molecule has 2 fully saturated rings. The molecule has 1 aromatic heterocycles. The van der Waals surface area contributed by atoms with E-state index in [1.807, 2.05) is 0 Å². The van der Waals surface area contributed by atoms with E-state index >= 15 is 0 Å². The second kappa shape index (κ2) is 4.85. The lowest BCUT2D eigenvalue weighted by Crippen LogP contribution is -2.34. The highest BCUT2D eigenvalue weighted by molar-refractivity contribution is 5.93. The number of hydrogen-bond donors (Lipinski definition) is 1. The van der Waals surface area contributed by atoms with Gasteiger partial charge in [0.2, 0.25) is 0 Å². The number of likely N-dealkylation sites (N-methyl/N-ethyl adjacent to an activating group) is 1.